The number of ether oxygens (including phenoxy) is 6. The van der Waals surface area contributed by atoms with Crippen LogP contribution >= 0.6 is 0 Å². The third-order valence-corrected chi connectivity index (χ3v) is 6.33. The first-order chi connectivity index (χ1) is 19.0. The van der Waals surface area contributed by atoms with Crippen molar-refractivity contribution in [2.75, 3.05) is 0 Å². The number of hydrogen-bond donors (Lipinski definition) is 0. The van der Waals surface area contributed by atoms with Crippen molar-refractivity contribution in [1.29, 1.82) is 0 Å². The molecule has 12 heteroatoms. The lowest BCUT2D eigenvalue weighted by Crippen LogP contribution is -2.68. The summed E-state index contributed by atoms with van der Waals surface area (Å²) in [5.41, 5.74) is 0. The van der Waals surface area contributed by atoms with Crippen LogP contribution in [0.25, 0.3) is 0 Å². The molecule has 0 aromatic rings. The molecule has 40 heavy (non-hydrogen) atoms. The molecule has 0 amide bonds. The largest absolute Gasteiger partial charge is 0.455 e. The van der Waals surface area contributed by atoms with Crippen LogP contribution in [0.1, 0.15) is 12.8 Å². The van der Waals surface area contributed by atoms with Gasteiger partial charge < -0.3 is 28.4 Å². The fourth-order valence-corrected chi connectivity index (χ4v) is 4.81. The number of rotatable bonds is 12. The molecule has 0 aliphatic heterocycles. The van der Waals surface area contributed by atoms with Gasteiger partial charge in [0.2, 0.25) is 0 Å². The van der Waals surface area contributed by atoms with Crippen molar-refractivity contribution >= 4 is 35.8 Å². The van der Waals surface area contributed by atoms with Crippen LogP contribution in [0.2, 0.25) is 0 Å². The van der Waals surface area contributed by atoms with E-state index in [1.54, 1.807) is 0 Å². The Labute approximate surface area is 230 Å². The monoisotopic (exact) mass is 558 g/mol. The fraction of sp³-hybridized carbons (Fsp3) is 0.357. The first-order valence-electron chi connectivity index (χ1n) is 12.0. The van der Waals surface area contributed by atoms with Gasteiger partial charge in [-0.3, -0.25) is 0 Å². The molecule has 2 fully saturated rings. The zero-order chi connectivity index (χ0) is 30.0. The molecule has 0 radical (unpaired) electrons. The molecule has 214 valence electrons. The van der Waals surface area contributed by atoms with Crippen molar-refractivity contribution in [3.05, 3.63) is 75.9 Å². The second-order valence-corrected chi connectivity index (χ2v) is 8.53. The van der Waals surface area contributed by atoms with Gasteiger partial charge >= 0.3 is 35.8 Å². The topological polar surface area (TPSA) is 158 Å². The average molecular weight is 559 g/mol. The Morgan fingerprint density at radius 1 is 0.425 bits per heavy atom. The summed E-state index contributed by atoms with van der Waals surface area (Å²) >= 11 is 0. The highest BCUT2D eigenvalue weighted by molar-refractivity contribution is 5.84. The van der Waals surface area contributed by atoms with Crippen LogP contribution in [-0.4, -0.2) is 72.4 Å². The van der Waals surface area contributed by atoms with Gasteiger partial charge in [0.25, 0.3) is 0 Å². The van der Waals surface area contributed by atoms with Crippen molar-refractivity contribution < 1.29 is 57.2 Å². The van der Waals surface area contributed by atoms with Crippen LogP contribution in [0, 0.1) is 11.8 Å². The van der Waals surface area contributed by atoms with Crippen LogP contribution in [0.4, 0.5) is 0 Å². The van der Waals surface area contributed by atoms with Gasteiger partial charge in [-0.25, -0.2) is 28.8 Å². The van der Waals surface area contributed by atoms with E-state index < -0.39 is 84.3 Å². The van der Waals surface area contributed by atoms with Crippen molar-refractivity contribution in [3.8, 4) is 0 Å². The normalized spacial score (nSPS) is 28.5. The van der Waals surface area contributed by atoms with Gasteiger partial charge in [-0.05, 0) is 12.8 Å². The predicted octanol–water partition coefficient (Wildman–Crippen LogP) is 1.61. The maximum absolute atomic E-state index is 12.5. The molecule has 0 spiro atoms. The molecular formula is C28H30O12. The van der Waals surface area contributed by atoms with Gasteiger partial charge in [-0.15, -0.1) is 0 Å². The van der Waals surface area contributed by atoms with E-state index in [1.807, 2.05) is 0 Å². The van der Waals surface area contributed by atoms with E-state index in [-0.39, 0.29) is 12.8 Å². The van der Waals surface area contributed by atoms with Gasteiger partial charge in [0.15, 0.2) is 12.2 Å². The Morgan fingerprint density at radius 2 is 0.750 bits per heavy atom. The van der Waals surface area contributed by atoms with Gasteiger partial charge in [0.1, 0.15) is 24.4 Å². The SMILES string of the molecule is C=CC(=O)OC1CCC2C(OC(=O)C=C)C(OC(=O)C=C)C(OC(=O)C=C)C(OC(=O)C=C)C2C1OC(=O)C=C. The molecule has 2 aliphatic carbocycles. The maximum atomic E-state index is 12.5. The first kappa shape index (κ1) is 31.5. The molecular weight excluding hydrogens is 528 g/mol. The summed E-state index contributed by atoms with van der Waals surface area (Å²) in [6.07, 6.45) is -3.19. The summed E-state index contributed by atoms with van der Waals surface area (Å²) in [5.74, 6) is -7.64. The second-order valence-electron chi connectivity index (χ2n) is 8.53. The third-order valence-electron chi connectivity index (χ3n) is 6.33. The van der Waals surface area contributed by atoms with Crippen LogP contribution in [0.3, 0.4) is 0 Å². The average Bonchev–Trinajstić information content (AvgIpc) is 2.96. The number of carbonyl (C=O) groups is 6. The Morgan fingerprint density at radius 3 is 1.18 bits per heavy atom. The Balaban J connectivity index is 2.82. The standard InChI is InChI=1S/C28H30O12/c1-7-17(29)35-16-14-13-15-23(25(16)37-19(31)9-3)26(38-20(32)10-4)28(40-22(34)12-6)27(39-21(33)11-5)24(15)36-18(30)8-2/h7-12,15-16,23-28H,1-6,13-14H2. The summed E-state index contributed by atoms with van der Waals surface area (Å²) in [4.78, 5) is 74.2. The minimum absolute atomic E-state index is 0.0688. The lowest BCUT2D eigenvalue weighted by atomic mass is 9.63. The highest BCUT2D eigenvalue weighted by Crippen LogP contribution is 2.47. The quantitative estimate of drug-likeness (QED) is 0.194. The molecule has 0 saturated heterocycles. The molecule has 0 aromatic carbocycles. The Hall–Kier alpha value is -4.74. The highest BCUT2D eigenvalue weighted by atomic mass is 16.6. The molecule has 2 rings (SSSR count). The summed E-state index contributed by atoms with van der Waals surface area (Å²) in [6.45, 7) is 20.2. The van der Waals surface area contributed by atoms with Crippen LogP contribution < -0.4 is 0 Å². The lowest BCUT2D eigenvalue weighted by Gasteiger charge is -2.53. The molecule has 0 aromatic heterocycles. The van der Waals surface area contributed by atoms with Crippen molar-refractivity contribution in [1.82, 2.24) is 0 Å². The number of fused-ring (bicyclic) bond motifs is 1. The van der Waals surface area contributed by atoms with Crippen molar-refractivity contribution in [2.45, 2.75) is 49.5 Å². The fourth-order valence-electron chi connectivity index (χ4n) is 4.81. The third kappa shape index (κ3) is 7.43. The van der Waals surface area contributed by atoms with E-state index in [0.717, 1.165) is 36.5 Å². The van der Waals surface area contributed by atoms with E-state index >= 15 is 0 Å². The molecule has 0 heterocycles. The smallest absolute Gasteiger partial charge is 0.330 e. The number of carbonyl (C=O) groups excluding carboxylic acids is 6. The number of esters is 6. The van der Waals surface area contributed by atoms with E-state index in [0.29, 0.717) is 0 Å². The Bertz CT molecular complexity index is 1080. The van der Waals surface area contributed by atoms with Crippen molar-refractivity contribution in [2.24, 2.45) is 11.8 Å². The predicted molar refractivity (Wildman–Crippen MR) is 137 cm³/mol. The zero-order valence-corrected chi connectivity index (χ0v) is 21.6. The number of hydrogen-bond acceptors (Lipinski definition) is 12. The summed E-state index contributed by atoms with van der Waals surface area (Å²) < 4.78 is 33.2. The molecule has 0 N–H and O–H groups in total. The molecule has 8 atom stereocenters. The van der Waals surface area contributed by atoms with Crippen molar-refractivity contribution in [3.63, 3.8) is 0 Å². The van der Waals surface area contributed by atoms with E-state index in [9.17, 15) is 28.8 Å². The minimum Gasteiger partial charge on any atom is -0.455 e. The van der Waals surface area contributed by atoms with E-state index in [1.165, 1.54) is 0 Å². The minimum atomic E-state index is -1.64. The summed E-state index contributed by atoms with van der Waals surface area (Å²) in [5, 5.41) is 0. The Kier molecular flexibility index (Phi) is 11.4. The summed E-state index contributed by atoms with van der Waals surface area (Å²) in [7, 11) is 0. The summed E-state index contributed by atoms with van der Waals surface area (Å²) in [6, 6.07) is 0. The molecule has 0 bridgehead atoms. The zero-order valence-electron chi connectivity index (χ0n) is 21.6. The van der Waals surface area contributed by atoms with E-state index in [2.05, 4.69) is 39.5 Å². The van der Waals surface area contributed by atoms with E-state index in [4.69, 9.17) is 28.4 Å². The maximum Gasteiger partial charge on any atom is 0.330 e. The lowest BCUT2D eigenvalue weighted by molar-refractivity contribution is -0.253. The molecule has 2 aliphatic rings. The second kappa shape index (κ2) is 14.4. The van der Waals surface area contributed by atoms with Crippen LogP contribution in [-0.2, 0) is 57.2 Å². The van der Waals surface area contributed by atoms with Gasteiger partial charge in [-0.2, -0.15) is 0 Å². The molecule has 12 nitrogen and oxygen atoms in total. The van der Waals surface area contributed by atoms with Gasteiger partial charge in [0.05, 0.1) is 0 Å². The van der Waals surface area contributed by atoms with Crippen LogP contribution in [0.5, 0.6) is 0 Å². The van der Waals surface area contributed by atoms with Gasteiger partial charge in [-0.1, -0.05) is 39.5 Å². The molecule has 8 unspecified atom stereocenters. The first-order valence-corrected chi connectivity index (χ1v) is 12.0. The molecule has 2 saturated carbocycles. The van der Waals surface area contributed by atoms with Crippen LogP contribution in [0.15, 0.2) is 75.9 Å². The highest BCUT2D eigenvalue weighted by Gasteiger charge is 2.63. The van der Waals surface area contributed by atoms with Gasteiger partial charge in [0, 0.05) is 48.3 Å².